The molecule has 2 atom stereocenters. The van der Waals surface area contributed by atoms with Crippen molar-refractivity contribution in [2.24, 2.45) is 23.5 Å². The zero-order valence-electron chi connectivity index (χ0n) is 11.8. The van der Waals surface area contributed by atoms with Crippen LogP contribution in [0.5, 0.6) is 0 Å². The molecule has 4 aliphatic carbocycles. The second-order valence-corrected chi connectivity index (χ2v) is 7.97. The Kier molecular flexibility index (Phi) is 2.58. The Morgan fingerprint density at radius 2 is 1.50 bits per heavy atom. The summed E-state index contributed by atoms with van der Waals surface area (Å²) in [7, 11) is 0. The number of nitrogens with zero attached hydrogens (tertiary/aromatic N) is 1. The standard InChI is InChI=1S/C16H28N2/c1-11-4-15(17)2-3-18(11)16-8-12-5-13(9-16)7-14(6-12)10-16/h11-15H,2-10,17H2,1H3. The van der Waals surface area contributed by atoms with Crippen LogP contribution in [0.2, 0.25) is 0 Å². The lowest BCUT2D eigenvalue weighted by Crippen LogP contribution is -2.64. The van der Waals surface area contributed by atoms with Crippen LogP contribution in [-0.4, -0.2) is 29.1 Å². The summed E-state index contributed by atoms with van der Waals surface area (Å²) in [4.78, 5) is 2.90. The number of rotatable bonds is 1. The molecule has 5 aliphatic rings. The van der Waals surface area contributed by atoms with E-state index in [1.54, 1.807) is 19.3 Å². The highest BCUT2D eigenvalue weighted by molar-refractivity contribution is 5.09. The molecule has 1 saturated heterocycles. The Hall–Kier alpha value is -0.0800. The first-order valence-corrected chi connectivity index (χ1v) is 8.17. The molecular formula is C16H28N2. The third-order valence-corrected chi connectivity index (χ3v) is 6.53. The maximum Gasteiger partial charge on any atom is 0.0220 e. The van der Waals surface area contributed by atoms with E-state index < -0.39 is 0 Å². The Morgan fingerprint density at radius 3 is 2.00 bits per heavy atom. The maximum atomic E-state index is 6.15. The summed E-state index contributed by atoms with van der Waals surface area (Å²) in [5.74, 6) is 3.21. The summed E-state index contributed by atoms with van der Waals surface area (Å²) in [5, 5.41) is 0. The van der Waals surface area contributed by atoms with Gasteiger partial charge in [0.05, 0.1) is 0 Å². The Labute approximate surface area is 111 Å². The van der Waals surface area contributed by atoms with Gasteiger partial charge in [-0.2, -0.15) is 0 Å². The van der Waals surface area contributed by atoms with Crippen molar-refractivity contribution in [1.29, 1.82) is 0 Å². The molecule has 2 heteroatoms. The fraction of sp³-hybridized carbons (Fsp3) is 1.00. The van der Waals surface area contributed by atoms with Crippen molar-refractivity contribution in [3.8, 4) is 0 Å². The Bertz CT molecular complexity index is 303. The molecule has 2 N–H and O–H groups in total. The van der Waals surface area contributed by atoms with Crippen LogP contribution in [0.3, 0.4) is 0 Å². The molecule has 0 aromatic rings. The minimum absolute atomic E-state index is 0.463. The molecule has 5 fully saturated rings. The van der Waals surface area contributed by atoms with E-state index in [0.29, 0.717) is 11.6 Å². The van der Waals surface area contributed by atoms with Crippen LogP contribution in [0, 0.1) is 17.8 Å². The molecule has 18 heavy (non-hydrogen) atoms. The predicted molar refractivity (Wildman–Crippen MR) is 74.3 cm³/mol. The van der Waals surface area contributed by atoms with Gasteiger partial charge >= 0.3 is 0 Å². The highest BCUT2D eigenvalue weighted by Crippen LogP contribution is 2.58. The van der Waals surface area contributed by atoms with Gasteiger partial charge in [0, 0.05) is 24.2 Å². The highest BCUT2D eigenvalue weighted by Gasteiger charge is 2.54. The van der Waals surface area contributed by atoms with Crippen LogP contribution in [0.15, 0.2) is 0 Å². The van der Waals surface area contributed by atoms with Gasteiger partial charge in [-0.3, -0.25) is 4.90 Å². The first-order valence-electron chi connectivity index (χ1n) is 8.17. The highest BCUT2D eigenvalue weighted by atomic mass is 15.2. The third-order valence-electron chi connectivity index (χ3n) is 6.53. The lowest BCUT2D eigenvalue weighted by Gasteiger charge is -2.62. The zero-order chi connectivity index (χ0) is 12.3. The Balaban J connectivity index is 1.59. The minimum atomic E-state index is 0.463. The van der Waals surface area contributed by atoms with Gasteiger partial charge in [0.1, 0.15) is 0 Å². The summed E-state index contributed by atoms with van der Waals surface area (Å²) in [5.41, 5.74) is 6.76. The van der Waals surface area contributed by atoms with Crippen molar-refractivity contribution in [1.82, 2.24) is 4.90 Å². The summed E-state index contributed by atoms with van der Waals surface area (Å²) in [6.07, 6.45) is 11.7. The molecule has 2 unspecified atom stereocenters. The van der Waals surface area contributed by atoms with Crippen LogP contribution < -0.4 is 5.73 Å². The summed E-state index contributed by atoms with van der Waals surface area (Å²) in [6.45, 7) is 3.70. The van der Waals surface area contributed by atoms with E-state index in [1.165, 1.54) is 38.6 Å². The van der Waals surface area contributed by atoms with E-state index in [-0.39, 0.29) is 0 Å². The fourth-order valence-corrected chi connectivity index (χ4v) is 6.33. The summed E-state index contributed by atoms with van der Waals surface area (Å²) < 4.78 is 0. The van der Waals surface area contributed by atoms with Crippen molar-refractivity contribution >= 4 is 0 Å². The number of nitrogens with two attached hydrogens (primary N) is 1. The molecule has 4 saturated carbocycles. The quantitative estimate of drug-likeness (QED) is 0.773. The van der Waals surface area contributed by atoms with Gasteiger partial charge in [-0.15, -0.1) is 0 Å². The van der Waals surface area contributed by atoms with Gasteiger partial charge in [-0.05, 0) is 76.0 Å². The monoisotopic (exact) mass is 248 g/mol. The van der Waals surface area contributed by atoms with Gasteiger partial charge < -0.3 is 5.73 Å². The average molecular weight is 248 g/mol. The second-order valence-electron chi connectivity index (χ2n) is 7.97. The summed E-state index contributed by atoms with van der Waals surface area (Å²) >= 11 is 0. The van der Waals surface area contributed by atoms with Crippen LogP contribution in [0.4, 0.5) is 0 Å². The normalized spacial score (nSPS) is 56.0. The SMILES string of the molecule is CC1CC(N)CCN1C12CC3CC(CC(C3)C1)C2. The van der Waals surface area contributed by atoms with Gasteiger partial charge in [0.25, 0.3) is 0 Å². The van der Waals surface area contributed by atoms with E-state index in [0.717, 1.165) is 23.8 Å². The molecule has 1 aliphatic heterocycles. The fourth-order valence-electron chi connectivity index (χ4n) is 6.33. The molecule has 102 valence electrons. The predicted octanol–water partition coefficient (Wildman–Crippen LogP) is 2.77. The molecule has 2 nitrogen and oxygen atoms in total. The van der Waals surface area contributed by atoms with Crippen molar-refractivity contribution in [2.75, 3.05) is 6.54 Å². The number of piperidine rings is 1. The first-order chi connectivity index (χ1) is 8.64. The van der Waals surface area contributed by atoms with Crippen molar-refractivity contribution in [3.63, 3.8) is 0 Å². The van der Waals surface area contributed by atoms with E-state index in [1.807, 2.05) is 0 Å². The number of likely N-dealkylation sites (tertiary alicyclic amines) is 1. The molecule has 0 aromatic carbocycles. The maximum absolute atomic E-state index is 6.15. The van der Waals surface area contributed by atoms with Gasteiger partial charge in [0.15, 0.2) is 0 Å². The summed E-state index contributed by atoms with van der Waals surface area (Å²) in [6, 6.07) is 1.19. The molecule has 1 heterocycles. The van der Waals surface area contributed by atoms with E-state index in [4.69, 9.17) is 5.73 Å². The Morgan fingerprint density at radius 1 is 0.944 bits per heavy atom. The third kappa shape index (κ3) is 1.68. The number of hydrogen-bond donors (Lipinski definition) is 1. The van der Waals surface area contributed by atoms with Gasteiger partial charge in [0.2, 0.25) is 0 Å². The molecule has 5 rings (SSSR count). The molecule has 0 amide bonds. The van der Waals surface area contributed by atoms with Crippen LogP contribution in [-0.2, 0) is 0 Å². The molecular weight excluding hydrogens is 220 g/mol. The lowest BCUT2D eigenvalue weighted by atomic mass is 9.52. The van der Waals surface area contributed by atoms with Crippen molar-refractivity contribution < 1.29 is 0 Å². The molecule has 4 bridgehead atoms. The van der Waals surface area contributed by atoms with Gasteiger partial charge in [-0.1, -0.05) is 0 Å². The van der Waals surface area contributed by atoms with Crippen LogP contribution in [0.1, 0.15) is 58.3 Å². The van der Waals surface area contributed by atoms with E-state index in [2.05, 4.69) is 11.8 Å². The van der Waals surface area contributed by atoms with Crippen molar-refractivity contribution in [3.05, 3.63) is 0 Å². The molecule has 0 radical (unpaired) electrons. The zero-order valence-corrected chi connectivity index (χ0v) is 11.8. The second kappa shape index (κ2) is 3.96. The van der Waals surface area contributed by atoms with Crippen LogP contribution >= 0.6 is 0 Å². The topological polar surface area (TPSA) is 29.3 Å². The average Bonchev–Trinajstić information content (AvgIpc) is 2.26. The number of hydrogen-bond acceptors (Lipinski definition) is 2. The van der Waals surface area contributed by atoms with E-state index in [9.17, 15) is 0 Å². The molecule has 0 aromatic heterocycles. The van der Waals surface area contributed by atoms with Gasteiger partial charge in [-0.25, -0.2) is 0 Å². The van der Waals surface area contributed by atoms with Crippen molar-refractivity contribution in [2.45, 2.75) is 75.9 Å². The van der Waals surface area contributed by atoms with Crippen LogP contribution in [0.25, 0.3) is 0 Å². The molecule has 0 spiro atoms. The first kappa shape index (κ1) is 11.7. The largest absolute Gasteiger partial charge is 0.328 e. The van der Waals surface area contributed by atoms with E-state index >= 15 is 0 Å². The smallest absolute Gasteiger partial charge is 0.0220 e. The minimum Gasteiger partial charge on any atom is -0.328 e. The lowest BCUT2D eigenvalue weighted by molar-refractivity contribution is -0.111.